The van der Waals surface area contributed by atoms with Crippen LogP contribution in [-0.2, 0) is 16.6 Å². The molecule has 1 saturated heterocycles. The fourth-order valence-electron chi connectivity index (χ4n) is 3.74. The van der Waals surface area contributed by atoms with Crippen molar-refractivity contribution in [3.05, 3.63) is 17.5 Å². The predicted molar refractivity (Wildman–Crippen MR) is 88.4 cm³/mol. The third kappa shape index (κ3) is 3.05. The lowest BCUT2D eigenvalue weighted by Gasteiger charge is -2.29. The number of carbonyl (C=O) groups excluding carboxylic acids is 1. The van der Waals surface area contributed by atoms with Gasteiger partial charge in [0.25, 0.3) is 0 Å². The van der Waals surface area contributed by atoms with Crippen molar-refractivity contribution in [3.8, 4) is 0 Å². The molecule has 24 heavy (non-hydrogen) atoms. The van der Waals surface area contributed by atoms with Gasteiger partial charge in [-0.2, -0.15) is 5.10 Å². The number of carboxylic acid groups (broad SMARTS) is 1. The first kappa shape index (κ1) is 17.0. The second kappa shape index (κ2) is 6.55. The molecule has 0 bridgehead atoms. The van der Waals surface area contributed by atoms with E-state index in [0.717, 1.165) is 24.3 Å². The summed E-state index contributed by atoms with van der Waals surface area (Å²) >= 11 is 0. The van der Waals surface area contributed by atoms with Crippen molar-refractivity contribution >= 4 is 11.9 Å². The smallest absolute Gasteiger partial charge is 0.309 e. The Hall–Kier alpha value is -1.89. The summed E-state index contributed by atoms with van der Waals surface area (Å²) in [4.78, 5) is 28.3. The SMILES string of the molecule is CCN(CCN1C(=O)C[C@H](C(=O)O)[C@H]1c1cnn(C)c1C)C1CC1. The maximum Gasteiger partial charge on any atom is 0.309 e. The summed E-state index contributed by atoms with van der Waals surface area (Å²) in [6.07, 6.45) is 4.24. The van der Waals surface area contributed by atoms with E-state index in [1.807, 2.05) is 14.0 Å². The fourth-order valence-corrected chi connectivity index (χ4v) is 3.74. The van der Waals surface area contributed by atoms with Crippen LogP contribution < -0.4 is 0 Å². The molecule has 1 saturated carbocycles. The number of rotatable bonds is 7. The molecule has 0 radical (unpaired) electrons. The number of hydrogen-bond donors (Lipinski definition) is 1. The molecule has 2 fully saturated rings. The van der Waals surface area contributed by atoms with Crippen LogP contribution in [0.25, 0.3) is 0 Å². The molecular weight excluding hydrogens is 308 g/mol. The minimum Gasteiger partial charge on any atom is -0.481 e. The lowest BCUT2D eigenvalue weighted by atomic mass is 9.94. The largest absolute Gasteiger partial charge is 0.481 e. The van der Waals surface area contributed by atoms with Crippen LogP contribution in [0.1, 0.15) is 43.5 Å². The second-order valence-corrected chi connectivity index (χ2v) is 6.85. The highest BCUT2D eigenvalue weighted by atomic mass is 16.4. The second-order valence-electron chi connectivity index (χ2n) is 6.85. The van der Waals surface area contributed by atoms with E-state index in [-0.39, 0.29) is 12.3 Å². The van der Waals surface area contributed by atoms with Gasteiger partial charge >= 0.3 is 5.97 Å². The Labute approximate surface area is 142 Å². The molecule has 0 unspecified atom stereocenters. The summed E-state index contributed by atoms with van der Waals surface area (Å²) in [5.41, 5.74) is 1.77. The van der Waals surface area contributed by atoms with Gasteiger partial charge in [-0.25, -0.2) is 0 Å². The Morgan fingerprint density at radius 1 is 1.46 bits per heavy atom. The van der Waals surface area contributed by atoms with Crippen LogP contribution in [0, 0.1) is 12.8 Å². The molecule has 1 N–H and O–H groups in total. The molecule has 1 aliphatic heterocycles. The van der Waals surface area contributed by atoms with Crippen molar-refractivity contribution in [1.82, 2.24) is 19.6 Å². The van der Waals surface area contributed by atoms with Gasteiger partial charge in [0.05, 0.1) is 18.2 Å². The normalized spacial score (nSPS) is 24.2. The summed E-state index contributed by atoms with van der Waals surface area (Å²) in [5.74, 6) is -1.67. The van der Waals surface area contributed by atoms with Gasteiger partial charge in [0.2, 0.25) is 5.91 Å². The number of hydrogen-bond acceptors (Lipinski definition) is 4. The molecule has 2 aliphatic rings. The molecule has 1 amide bonds. The molecule has 1 aromatic rings. The minimum absolute atomic E-state index is 0.0671. The van der Waals surface area contributed by atoms with E-state index in [1.54, 1.807) is 15.8 Å². The Bertz CT molecular complexity index is 638. The van der Waals surface area contributed by atoms with Crippen molar-refractivity contribution in [3.63, 3.8) is 0 Å². The van der Waals surface area contributed by atoms with Gasteiger partial charge in [-0.1, -0.05) is 6.92 Å². The standard InChI is InChI=1S/C17H26N4O3/c1-4-20(12-5-6-12)7-8-21-15(22)9-13(17(23)24)16(21)14-10-18-19(3)11(14)2/h10,12-13,16H,4-9H2,1-3H3,(H,23,24)/t13-,16-/m0/s1. The monoisotopic (exact) mass is 334 g/mol. The number of amides is 1. The number of nitrogens with zero attached hydrogens (tertiary/aromatic N) is 4. The molecule has 2 heterocycles. The first-order valence-corrected chi connectivity index (χ1v) is 8.68. The zero-order valence-corrected chi connectivity index (χ0v) is 14.6. The molecule has 1 aromatic heterocycles. The number of likely N-dealkylation sites (N-methyl/N-ethyl adjacent to an activating group) is 1. The highest BCUT2D eigenvalue weighted by Gasteiger charge is 2.46. The van der Waals surface area contributed by atoms with E-state index in [9.17, 15) is 14.7 Å². The summed E-state index contributed by atoms with van der Waals surface area (Å²) in [5, 5.41) is 13.8. The van der Waals surface area contributed by atoms with Crippen LogP contribution in [0.4, 0.5) is 0 Å². The van der Waals surface area contributed by atoms with Crippen molar-refractivity contribution in [2.45, 2.75) is 45.2 Å². The van der Waals surface area contributed by atoms with Crippen molar-refractivity contribution in [1.29, 1.82) is 0 Å². The van der Waals surface area contributed by atoms with Gasteiger partial charge in [0, 0.05) is 43.9 Å². The predicted octanol–water partition coefficient (Wildman–Crippen LogP) is 1.19. The average molecular weight is 334 g/mol. The van der Waals surface area contributed by atoms with Crippen LogP contribution in [0.5, 0.6) is 0 Å². The van der Waals surface area contributed by atoms with Crippen molar-refractivity contribution in [2.24, 2.45) is 13.0 Å². The van der Waals surface area contributed by atoms with E-state index in [1.165, 1.54) is 12.8 Å². The summed E-state index contributed by atoms with van der Waals surface area (Å²) in [7, 11) is 1.83. The maximum atomic E-state index is 12.5. The molecule has 1 aliphatic carbocycles. The lowest BCUT2D eigenvalue weighted by Crippen LogP contribution is -2.39. The summed E-state index contributed by atoms with van der Waals surface area (Å²) in [6.45, 7) is 6.39. The Morgan fingerprint density at radius 2 is 2.17 bits per heavy atom. The minimum atomic E-state index is -0.909. The van der Waals surface area contributed by atoms with Crippen LogP contribution >= 0.6 is 0 Å². The molecule has 7 nitrogen and oxygen atoms in total. The molecule has 132 valence electrons. The Balaban J connectivity index is 1.82. The molecule has 0 spiro atoms. The number of aryl methyl sites for hydroxylation is 1. The lowest BCUT2D eigenvalue weighted by molar-refractivity contribution is -0.142. The van der Waals surface area contributed by atoms with E-state index < -0.39 is 17.9 Å². The quantitative estimate of drug-likeness (QED) is 0.810. The number of carboxylic acids is 1. The zero-order chi connectivity index (χ0) is 17.4. The van der Waals surface area contributed by atoms with E-state index in [4.69, 9.17) is 0 Å². The van der Waals surface area contributed by atoms with Gasteiger partial charge in [0.1, 0.15) is 0 Å². The van der Waals surface area contributed by atoms with Crippen LogP contribution in [0.15, 0.2) is 6.20 Å². The maximum absolute atomic E-state index is 12.5. The van der Waals surface area contributed by atoms with Gasteiger partial charge in [-0.3, -0.25) is 19.2 Å². The number of aromatic nitrogens is 2. The van der Waals surface area contributed by atoms with Gasteiger partial charge in [0.15, 0.2) is 0 Å². The van der Waals surface area contributed by atoms with Crippen LogP contribution in [0.2, 0.25) is 0 Å². The molecule has 2 atom stereocenters. The number of likely N-dealkylation sites (tertiary alicyclic amines) is 1. The first-order valence-electron chi connectivity index (χ1n) is 8.68. The first-order chi connectivity index (χ1) is 11.4. The van der Waals surface area contributed by atoms with E-state index in [2.05, 4.69) is 16.9 Å². The Morgan fingerprint density at radius 3 is 2.67 bits per heavy atom. The zero-order valence-electron chi connectivity index (χ0n) is 14.6. The van der Waals surface area contributed by atoms with E-state index in [0.29, 0.717) is 12.6 Å². The van der Waals surface area contributed by atoms with Crippen molar-refractivity contribution < 1.29 is 14.7 Å². The Kier molecular flexibility index (Phi) is 4.62. The molecular formula is C17H26N4O3. The fraction of sp³-hybridized carbons (Fsp3) is 0.706. The number of carbonyl (C=O) groups is 2. The highest BCUT2D eigenvalue weighted by Crippen LogP contribution is 2.39. The third-order valence-corrected chi connectivity index (χ3v) is 5.44. The van der Waals surface area contributed by atoms with Crippen LogP contribution in [0.3, 0.4) is 0 Å². The number of aliphatic carboxylic acids is 1. The molecule has 7 heteroatoms. The average Bonchev–Trinajstić information content (AvgIpc) is 3.26. The summed E-state index contributed by atoms with van der Waals surface area (Å²) < 4.78 is 1.73. The third-order valence-electron chi connectivity index (χ3n) is 5.44. The van der Waals surface area contributed by atoms with Crippen molar-refractivity contribution in [2.75, 3.05) is 19.6 Å². The van der Waals surface area contributed by atoms with Gasteiger partial charge < -0.3 is 10.0 Å². The van der Waals surface area contributed by atoms with E-state index >= 15 is 0 Å². The molecule has 0 aromatic carbocycles. The molecule has 3 rings (SSSR count). The van der Waals surface area contributed by atoms with Gasteiger partial charge in [-0.15, -0.1) is 0 Å². The van der Waals surface area contributed by atoms with Crippen LogP contribution in [-0.4, -0.2) is 62.2 Å². The highest BCUT2D eigenvalue weighted by molar-refractivity contribution is 5.87. The summed E-state index contributed by atoms with van der Waals surface area (Å²) in [6, 6.07) is 0.225. The van der Waals surface area contributed by atoms with Gasteiger partial charge in [-0.05, 0) is 26.3 Å². The topological polar surface area (TPSA) is 78.7 Å².